The maximum Gasteiger partial charge on any atom is 0.259 e. The Morgan fingerprint density at radius 2 is 2.00 bits per heavy atom. The molecule has 0 aliphatic rings. The smallest absolute Gasteiger partial charge is 0.259 e. The van der Waals surface area contributed by atoms with E-state index in [1.807, 2.05) is 0 Å². The molecule has 0 saturated heterocycles. The van der Waals surface area contributed by atoms with E-state index in [1.165, 1.54) is 11.0 Å². The zero-order valence-corrected chi connectivity index (χ0v) is 11.8. The van der Waals surface area contributed by atoms with E-state index in [-0.39, 0.29) is 23.7 Å². The van der Waals surface area contributed by atoms with Crippen molar-refractivity contribution in [1.82, 2.24) is 0 Å². The number of aliphatic hydroxyl groups excluding tert-OH is 1. The number of nitrogen functional groups attached to an aromatic ring is 1. The number of nitrogens with zero attached hydrogens (tertiary/aromatic N) is 1. The maximum atomic E-state index is 13.1. The number of carbonyl (C=O) groups excluding carboxylic acids is 1. The molecule has 0 atom stereocenters. The normalized spacial score (nSPS) is 10.4. The monoisotopic (exact) mass is 308 g/mol. The van der Waals surface area contributed by atoms with E-state index >= 15 is 0 Å². The van der Waals surface area contributed by atoms with Crippen molar-refractivity contribution in [2.24, 2.45) is 0 Å². The quantitative estimate of drug-likeness (QED) is 0.853. The number of halogens is 2. The van der Waals surface area contributed by atoms with Crippen LogP contribution in [-0.2, 0) is 0 Å². The van der Waals surface area contributed by atoms with E-state index in [2.05, 4.69) is 0 Å². The lowest BCUT2D eigenvalue weighted by Crippen LogP contribution is -2.34. The largest absolute Gasteiger partial charge is 0.397 e. The number of anilines is 2. The van der Waals surface area contributed by atoms with Crippen LogP contribution < -0.4 is 10.6 Å². The predicted octanol–water partition coefficient (Wildman–Crippen LogP) is 2.70. The number of para-hydroxylation sites is 2. The number of benzene rings is 2. The molecule has 0 fully saturated rings. The van der Waals surface area contributed by atoms with Crippen LogP contribution in [0.4, 0.5) is 15.8 Å². The van der Waals surface area contributed by atoms with E-state index in [9.17, 15) is 14.3 Å². The summed E-state index contributed by atoms with van der Waals surface area (Å²) < 4.78 is 13.1. The van der Waals surface area contributed by atoms with Crippen LogP contribution in [0, 0.1) is 5.82 Å². The summed E-state index contributed by atoms with van der Waals surface area (Å²) in [6.07, 6.45) is 0. The SMILES string of the molecule is Nc1ccccc1N(CCO)C(=O)c1ccc(F)cc1Cl. The molecule has 2 rings (SSSR count). The summed E-state index contributed by atoms with van der Waals surface area (Å²) in [5.74, 6) is -0.976. The Bertz CT molecular complexity index is 664. The van der Waals surface area contributed by atoms with Gasteiger partial charge in [-0.15, -0.1) is 0 Å². The van der Waals surface area contributed by atoms with Crippen molar-refractivity contribution in [3.63, 3.8) is 0 Å². The molecule has 110 valence electrons. The van der Waals surface area contributed by atoms with E-state index in [4.69, 9.17) is 17.3 Å². The van der Waals surface area contributed by atoms with Gasteiger partial charge in [0, 0.05) is 6.54 Å². The molecule has 21 heavy (non-hydrogen) atoms. The number of hydrogen-bond donors (Lipinski definition) is 2. The molecular weight excluding hydrogens is 295 g/mol. The lowest BCUT2D eigenvalue weighted by atomic mass is 10.1. The van der Waals surface area contributed by atoms with Crippen molar-refractivity contribution in [3.8, 4) is 0 Å². The zero-order chi connectivity index (χ0) is 15.4. The van der Waals surface area contributed by atoms with Crippen molar-refractivity contribution in [2.45, 2.75) is 0 Å². The minimum atomic E-state index is -0.524. The van der Waals surface area contributed by atoms with E-state index in [1.54, 1.807) is 24.3 Å². The number of carbonyl (C=O) groups is 1. The van der Waals surface area contributed by atoms with Crippen LogP contribution in [0.2, 0.25) is 5.02 Å². The molecule has 0 saturated carbocycles. The molecule has 0 radical (unpaired) electrons. The van der Waals surface area contributed by atoms with Crippen LogP contribution in [0.15, 0.2) is 42.5 Å². The van der Waals surface area contributed by atoms with Crippen LogP contribution in [-0.4, -0.2) is 24.2 Å². The molecule has 6 heteroatoms. The first kappa shape index (κ1) is 15.3. The van der Waals surface area contributed by atoms with Gasteiger partial charge in [0.1, 0.15) is 5.82 Å². The van der Waals surface area contributed by atoms with Crippen LogP contribution in [0.3, 0.4) is 0 Å². The fourth-order valence-corrected chi connectivity index (χ4v) is 2.22. The highest BCUT2D eigenvalue weighted by Gasteiger charge is 2.21. The fraction of sp³-hybridized carbons (Fsp3) is 0.133. The summed E-state index contributed by atoms with van der Waals surface area (Å²) in [6.45, 7) is -0.181. The summed E-state index contributed by atoms with van der Waals surface area (Å²) in [5.41, 5.74) is 6.88. The Balaban J connectivity index is 2.43. The highest BCUT2D eigenvalue weighted by Crippen LogP contribution is 2.26. The Morgan fingerprint density at radius 3 is 2.62 bits per heavy atom. The molecule has 0 heterocycles. The van der Waals surface area contributed by atoms with Gasteiger partial charge in [0.25, 0.3) is 5.91 Å². The number of rotatable bonds is 4. The third-order valence-electron chi connectivity index (χ3n) is 2.96. The maximum absolute atomic E-state index is 13.1. The molecule has 0 bridgehead atoms. The predicted molar refractivity (Wildman–Crippen MR) is 81.0 cm³/mol. The van der Waals surface area contributed by atoms with Crippen molar-refractivity contribution in [2.75, 3.05) is 23.8 Å². The number of nitrogens with two attached hydrogens (primary N) is 1. The van der Waals surface area contributed by atoms with Crippen LogP contribution in [0.25, 0.3) is 0 Å². The highest BCUT2D eigenvalue weighted by molar-refractivity contribution is 6.34. The fourth-order valence-electron chi connectivity index (χ4n) is 1.97. The molecule has 0 spiro atoms. The minimum absolute atomic E-state index is 0.0115. The lowest BCUT2D eigenvalue weighted by Gasteiger charge is -2.23. The minimum Gasteiger partial charge on any atom is -0.397 e. The first-order valence-corrected chi connectivity index (χ1v) is 6.64. The second-order valence-electron chi connectivity index (χ2n) is 4.36. The second-order valence-corrected chi connectivity index (χ2v) is 4.77. The van der Waals surface area contributed by atoms with Crippen LogP contribution in [0.5, 0.6) is 0 Å². The Morgan fingerprint density at radius 1 is 1.29 bits per heavy atom. The molecule has 0 aliphatic carbocycles. The van der Waals surface area contributed by atoms with Gasteiger partial charge < -0.3 is 15.7 Å². The average molecular weight is 309 g/mol. The summed E-state index contributed by atoms with van der Waals surface area (Å²) in [7, 11) is 0. The molecule has 2 aromatic carbocycles. The summed E-state index contributed by atoms with van der Waals surface area (Å²) in [6, 6.07) is 10.3. The third kappa shape index (κ3) is 3.32. The topological polar surface area (TPSA) is 66.6 Å². The Hall–Kier alpha value is -2.11. The molecule has 4 nitrogen and oxygen atoms in total. The standard InChI is InChI=1S/C15H14ClFN2O2/c16-12-9-10(17)5-6-11(12)15(21)19(7-8-20)14-4-2-1-3-13(14)18/h1-6,9,20H,7-8,18H2. The summed E-state index contributed by atoms with van der Waals surface area (Å²) >= 11 is 5.91. The van der Waals surface area contributed by atoms with Gasteiger partial charge >= 0.3 is 0 Å². The molecule has 0 aliphatic heterocycles. The van der Waals surface area contributed by atoms with Gasteiger partial charge in [-0.25, -0.2) is 4.39 Å². The van der Waals surface area contributed by atoms with Gasteiger partial charge in [-0.05, 0) is 30.3 Å². The van der Waals surface area contributed by atoms with E-state index in [0.717, 1.165) is 12.1 Å². The lowest BCUT2D eigenvalue weighted by molar-refractivity contribution is 0.0981. The average Bonchev–Trinajstić information content (AvgIpc) is 2.45. The van der Waals surface area contributed by atoms with Crippen LogP contribution in [0.1, 0.15) is 10.4 Å². The molecule has 3 N–H and O–H groups in total. The van der Waals surface area contributed by atoms with Crippen LogP contribution >= 0.6 is 11.6 Å². The first-order valence-electron chi connectivity index (χ1n) is 6.27. The zero-order valence-electron chi connectivity index (χ0n) is 11.1. The Labute approximate surface area is 126 Å². The molecule has 0 aromatic heterocycles. The molecule has 2 aromatic rings. The first-order chi connectivity index (χ1) is 10.0. The van der Waals surface area contributed by atoms with E-state index in [0.29, 0.717) is 11.4 Å². The number of amides is 1. The molecule has 1 amide bonds. The van der Waals surface area contributed by atoms with Gasteiger partial charge in [-0.2, -0.15) is 0 Å². The van der Waals surface area contributed by atoms with Gasteiger partial charge in [-0.3, -0.25) is 4.79 Å². The third-order valence-corrected chi connectivity index (χ3v) is 3.27. The van der Waals surface area contributed by atoms with Gasteiger partial charge in [0.2, 0.25) is 0 Å². The van der Waals surface area contributed by atoms with Crippen molar-refractivity contribution >= 4 is 28.9 Å². The van der Waals surface area contributed by atoms with Gasteiger partial charge in [0.05, 0.1) is 28.6 Å². The van der Waals surface area contributed by atoms with Gasteiger partial charge in [0.15, 0.2) is 0 Å². The van der Waals surface area contributed by atoms with Gasteiger partial charge in [-0.1, -0.05) is 23.7 Å². The summed E-state index contributed by atoms with van der Waals surface area (Å²) in [4.78, 5) is 13.9. The van der Waals surface area contributed by atoms with Crippen molar-refractivity contribution in [1.29, 1.82) is 0 Å². The van der Waals surface area contributed by atoms with Crippen molar-refractivity contribution in [3.05, 3.63) is 58.9 Å². The highest BCUT2D eigenvalue weighted by atomic mass is 35.5. The molecular formula is C15H14ClFN2O2. The van der Waals surface area contributed by atoms with E-state index < -0.39 is 11.7 Å². The molecule has 0 unspecified atom stereocenters. The summed E-state index contributed by atoms with van der Waals surface area (Å²) in [5, 5.41) is 9.18. The second kappa shape index (κ2) is 6.56. The number of aliphatic hydroxyl groups is 1. The Kier molecular flexibility index (Phi) is 4.77. The van der Waals surface area contributed by atoms with Crippen molar-refractivity contribution < 1.29 is 14.3 Å². The number of hydrogen-bond acceptors (Lipinski definition) is 3.